The number of carbonyl (C=O) groups is 1. The monoisotopic (exact) mass is 257 g/mol. The predicted octanol–water partition coefficient (Wildman–Crippen LogP) is 0.132. The molecule has 1 N–H and O–H groups in total. The molecule has 0 radical (unpaired) electrons. The van der Waals surface area contributed by atoms with E-state index in [1.807, 2.05) is 12.1 Å². The second-order valence-electron chi connectivity index (χ2n) is 2.58. The molecule has 1 unspecified atom stereocenters. The third-order valence-electron chi connectivity index (χ3n) is 1.65. The Morgan fingerprint density at radius 2 is 2.14 bits per heavy atom. The molecule has 1 atom stereocenters. The maximum absolute atomic E-state index is 10.9. The van der Waals surface area contributed by atoms with E-state index in [1.54, 1.807) is 13.2 Å². The van der Waals surface area contributed by atoms with Gasteiger partial charge in [0.05, 0.1) is 0 Å². The van der Waals surface area contributed by atoms with Gasteiger partial charge in [-0.15, -0.1) is 0 Å². The average molecular weight is 257 g/mol. The van der Waals surface area contributed by atoms with E-state index in [0.717, 1.165) is 4.35 Å². The van der Waals surface area contributed by atoms with Crippen molar-refractivity contribution in [2.45, 2.75) is 0 Å². The molecular weight excluding hydrogens is 245 g/mol. The fourth-order valence-electron chi connectivity index (χ4n) is 0.972. The van der Waals surface area contributed by atoms with Crippen molar-refractivity contribution in [1.82, 2.24) is 0 Å². The van der Waals surface area contributed by atoms with Crippen LogP contribution in [0.1, 0.15) is 0 Å². The fourth-order valence-corrected chi connectivity index (χ4v) is 1.49. The van der Waals surface area contributed by atoms with E-state index in [2.05, 4.69) is 10.1 Å². The van der Waals surface area contributed by atoms with Gasteiger partial charge in [-0.05, 0) is 0 Å². The standard InChI is InChI=1S/C9H12AsNO3/c1-13-8-5-6(10)3-4-7(8)11-9(12)14-2/h3-5H,10H2,1-2H3,(H,11,12). The van der Waals surface area contributed by atoms with Crippen LogP contribution in [0.3, 0.4) is 0 Å². The van der Waals surface area contributed by atoms with Gasteiger partial charge in [-0.2, -0.15) is 0 Å². The van der Waals surface area contributed by atoms with Crippen LogP contribution < -0.4 is 14.4 Å². The molecule has 14 heavy (non-hydrogen) atoms. The van der Waals surface area contributed by atoms with Crippen LogP contribution in [0, 0.1) is 0 Å². The fraction of sp³-hybridized carbons (Fsp3) is 0.222. The second kappa shape index (κ2) is 4.91. The summed E-state index contributed by atoms with van der Waals surface area (Å²) in [6, 6.07) is 5.56. The third kappa shape index (κ3) is 2.67. The van der Waals surface area contributed by atoms with Gasteiger partial charge in [-0.25, -0.2) is 0 Å². The summed E-state index contributed by atoms with van der Waals surface area (Å²) in [5, 5.41) is 2.56. The Morgan fingerprint density at radius 1 is 1.43 bits per heavy atom. The van der Waals surface area contributed by atoms with Crippen LogP contribution in [0.2, 0.25) is 0 Å². The normalized spacial score (nSPS) is 9.36. The van der Waals surface area contributed by atoms with Gasteiger partial charge < -0.3 is 0 Å². The van der Waals surface area contributed by atoms with Gasteiger partial charge in [0.2, 0.25) is 0 Å². The van der Waals surface area contributed by atoms with Gasteiger partial charge in [0.25, 0.3) is 0 Å². The molecule has 0 heterocycles. The van der Waals surface area contributed by atoms with Gasteiger partial charge in [-0.1, -0.05) is 0 Å². The molecule has 0 aliphatic heterocycles. The van der Waals surface area contributed by atoms with Crippen LogP contribution in [-0.4, -0.2) is 37.2 Å². The maximum atomic E-state index is 10.9. The van der Waals surface area contributed by atoms with E-state index in [9.17, 15) is 4.79 Å². The zero-order chi connectivity index (χ0) is 10.6. The number of nitrogens with one attached hydrogen (secondary N) is 1. The van der Waals surface area contributed by atoms with Crippen molar-refractivity contribution >= 4 is 33.0 Å². The number of carbonyl (C=O) groups excluding carboxylic acids is 1. The molecule has 0 bridgehead atoms. The summed E-state index contributed by atoms with van der Waals surface area (Å²) in [7, 11) is 2.88. The topological polar surface area (TPSA) is 47.6 Å². The van der Waals surface area contributed by atoms with Crippen molar-refractivity contribution in [2.75, 3.05) is 19.5 Å². The van der Waals surface area contributed by atoms with E-state index in [1.165, 1.54) is 24.0 Å². The van der Waals surface area contributed by atoms with Gasteiger partial charge in [0.15, 0.2) is 0 Å². The molecule has 1 rings (SSSR count). The molecule has 0 saturated heterocycles. The first-order chi connectivity index (χ1) is 6.67. The minimum atomic E-state index is -0.502. The van der Waals surface area contributed by atoms with Crippen molar-refractivity contribution < 1.29 is 14.3 Å². The number of benzene rings is 1. The molecule has 1 aromatic carbocycles. The Hall–Kier alpha value is -1.15. The number of amides is 1. The van der Waals surface area contributed by atoms with Crippen LogP contribution in [-0.2, 0) is 4.74 Å². The molecule has 0 spiro atoms. The van der Waals surface area contributed by atoms with E-state index in [0.29, 0.717) is 11.4 Å². The van der Waals surface area contributed by atoms with Crippen LogP contribution in [0.25, 0.3) is 0 Å². The zero-order valence-electron chi connectivity index (χ0n) is 8.03. The molecule has 0 aliphatic carbocycles. The zero-order valence-corrected chi connectivity index (χ0v) is 10.5. The van der Waals surface area contributed by atoms with E-state index in [-0.39, 0.29) is 0 Å². The van der Waals surface area contributed by atoms with Gasteiger partial charge in [0.1, 0.15) is 0 Å². The van der Waals surface area contributed by atoms with Crippen molar-refractivity contribution in [3.63, 3.8) is 0 Å². The van der Waals surface area contributed by atoms with E-state index in [4.69, 9.17) is 4.74 Å². The first kappa shape index (κ1) is 10.9. The number of anilines is 1. The number of methoxy groups -OCH3 is 2. The van der Waals surface area contributed by atoms with E-state index >= 15 is 0 Å². The Balaban J connectivity index is 2.90. The quantitative estimate of drug-likeness (QED) is 0.766. The molecule has 0 aromatic heterocycles. The molecule has 1 amide bonds. The van der Waals surface area contributed by atoms with Crippen molar-refractivity contribution in [2.24, 2.45) is 0 Å². The van der Waals surface area contributed by atoms with Gasteiger partial charge in [-0.3, -0.25) is 0 Å². The molecule has 0 saturated carbocycles. The summed E-state index contributed by atoms with van der Waals surface area (Å²) in [6.07, 6.45) is -0.502. The van der Waals surface area contributed by atoms with Crippen molar-refractivity contribution in [1.29, 1.82) is 0 Å². The average Bonchev–Trinajstić information content (AvgIpc) is 2.20. The summed E-state index contributed by atoms with van der Waals surface area (Å²) >= 11 is 1.50. The van der Waals surface area contributed by atoms with Crippen LogP contribution in [0.5, 0.6) is 5.75 Å². The first-order valence-electron chi connectivity index (χ1n) is 3.96. The number of rotatable bonds is 2. The molecule has 4 nitrogen and oxygen atoms in total. The summed E-state index contributed by atoms with van der Waals surface area (Å²) in [5.41, 5.74) is 0.612. The number of hydrogen-bond acceptors (Lipinski definition) is 3. The summed E-state index contributed by atoms with van der Waals surface area (Å²) in [4.78, 5) is 10.9. The van der Waals surface area contributed by atoms with Crippen LogP contribution >= 0.6 is 0 Å². The van der Waals surface area contributed by atoms with Crippen LogP contribution in [0.15, 0.2) is 18.2 Å². The Morgan fingerprint density at radius 3 is 2.71 bits per heavy atom. The minimum absolute atomic E-state index is 0.502. The van der Waals surface area contributed by atoms with E-state index < -0.39 is 6.09 Å². The Kier molecular flexibility index (Phi) is 3.83. The molecular formula is C9H12AsNO3. The number of ether oxygens (including phenoxy) is 2. The second-order valence-corrected chi connectivity index (χ2v) is 3.98. The SMILES string of the molecule is COC(=O)Nc1ccc([AsH2])cc1OC. The summed E-state index contributed by atoms with van der Waals surface area (Å²) in [5.74, 6) is 0.636. The van der Waals surface area contributed by atoms with Crippen molar-refractivity contribution in [3.05, 3.63) is 18.2 Å². The van der Waals surface area contributed by atoms with Crippen molar-refractivity contribution in [3.8, 4) is 5.75 Å². The van der Waals surface area contributed by atoms with Gasteiger partial charge >= 0.3 is 90.7 Å². The molecule has 5 heteroatoms. The number of hydrogen-bond donors (Lipinski definition) is 1. The molecule has 0 fully saturated rings. The summed E-state index contributed by atoms with van der Waals surface area (Å²) in [6.45, 7) is 0. The Labute approximate surface area is 91.1 Å². The van der Waals surface area contributed by atoms with Gasteiger partial charge in [0, 0.05) is 0 Å². The molecule has 1 aromatic rings. The Bertz CT molecular complexity index is 341. The molecule has 0 aliphatic rings. The first-order valence-corrected chi connectivity index (χ1v) is 5.17. The molecule has 76 valence electrons. The predicted molar refractivity (Wildman–Crippen MR) is 57.2 cm³/mol. The third-order valence-corrected chi connectivity index (χ3v) is 2.40. The summed E-state index contributed by atoms with van der Waals surface area (Å²) < 4.78 is 10.7. The van der Waals surface area contributed by atoms with Crippen LogP contribution in [0.4, 0.5) is 10.5 Å².